The molecule has 1 unspecified atom stereocenters. The Hall–Kier alpha value is -3.41. The van der Waals surface area contributed by atoms with E-state index in [2.05, 4.69) is 24.5 Å². The number of rotatable bonds is 9. The molecule has 0 aliphatic carbocycles. The van der Waals surface area contributed by atoms with Crippen LogP contribution in [0.1, 0.15) is 45.7 Å². The second-order valence-electron chi connectivity index (χ2n) is 8.42. The number of nitrogens with zero attached hydrogens (tertiary/aromatic N) is 2. The maximum Gasteiger partial charge on any atom is 0.225 e. The molecule has 168 valence electrons. The van der Waals surface area contributed by atoms with Crippen LogP contribution in [0.25, 0.3) is 16.8 Å². The summed E-state index contributed by atoms with van der Waals surface area (Å²) in [5.74, 6) is 0.862. The smallest absolute Gasteiger partial charge is 0.225 e. The molecular weight excluding hydrogens is 400 g/mol. The molecule has 0 fully saturated rings. The summed E-state index contributed by atoms with van der Waals surface area (Å²) in [6.07, 6.45) is 1.07. The third-order valence-corrected chi connectivity index (χ3v) is 5.58. The molecular formula is C26H32N4O2. The van der Waals surface area contributed by atoms with Gasteiger partial charge in [-0.25, -0.2) is 4.68 Å². The molecule has 1 heterocycles. The normalized spacial score (nSPS) is 11.9. The molecule has 6 heteroatoms. The standard InChI is InChI=1S/C26H32N4O2/c1-18(2)19(3)27-23(31)16-11-17-24(32)28-26-25(21-12-7-5-8-13-21)20(4)29-30(26)22-14-9-6-10-15-22/h5-10,12-15,18-19H,11,16-17H2,1-4H3,(H,27,31)(H,28,32). The van der Waals surface area contributed by atoms with Crippen LogP contribution in [0.15, 0.2) is 60.7 Å². The molecule has 2 N–H and O–H groups in total. The minimum Gasteiger partial charge on any atom is -0.353 e. The van der Waals surface area contributed by atoms with Crippen molar-refractivity contribution in [1.29, 1.82) is 0 Å². The van der Waals surface area contributed by atoms with Gasteiger partial charge in [0.1, 0.15) is 5.82 Å². The quantitative estimate of drug-likeness (QED) is 0.493. The lowest BCUT2D eigenvalue weighted by Crippen LogP contribution is -2.36. The molecule has 0 spiro atoms. The Labute approximate surface area is 190 Å². The minimum atomic E-state index is -0.135. The molecule has 3 rings (SSSR count). The summed E-state index contributed by atoms with van der Waals surface area (Å²) in [5, 5.41) is 10.7. The van der Waals surface area contributed by atoms with Crippen LogP contribution in [0.4, 0.5) is 5.82 Å². The predicted molar refractivity (Wildman–Crippen MR) is 129 cm³/mol. The number of hydrogen-bond acceptors (Lipinski definition) is 3. The zero-order chi connectivity index (χ0) is 23.1. The highest BCUT2D eigenvalue weighted by molar-refractivity contribution is 5.95. The Bertz CT molecular complexity index is 1040. The summed E-state index contributed by atoms with van der Waals surface area (Å²) in [6, 6.07) is 19.8. The first-order chi connectivity index (χ1) is 15.4. The number of amides is 2. The molecule has 0 saturated carbocycles. The largest absolute Gasteiger partial charge is 0.353 e. The number of carbonyl (C=O) groups excluding carboxylic acids is 2. The summed E-state index contributed by atoms with van der Waals surface area (Å²) < 4.78 is 1.77. The van der Waals surface area contributed by atoms with Crippen molar-refractivity contribution in [3.63, 3.8) is 0 Å². The fourth-order valence-electron chi connectivity index (χ4n) is 3.45. The minimum absolute atomic E-state index is 0.0193. The molecule has 2 amide bonds. The fourth-order valence-corrected chi connectivity index (χ4v) is 3.45. The molecule has 0 aliphatic rings. The molecule has 0 bridgehead atoms. The molecule has 0 aliphatic heterocycles. The summed E-state index contributed by atoms with van der Waals surface area (Å²) in [7, 11) is 0. The zero-order valence-corrected chi connectivity index (χ0v) is 19.3. The number of anilines is 1. The number of para-hydroxylation sites is 1. The number of benzene rings is 2. The van der Waals surface area contributed by atoms with Crippen LogP contribution >= 0.6 is 0 Å². The van der Waals surface area contributed by atoms with Crippen molar-refractivity contribution in [3.05, 3.63) is 66.4 Å². The highest BCUT2D eigenvalue weighted by atomic mass is 16.2. The summed E-state index contributed by atoms with van der Waals surface area (Å²) in [5.41, 5.74) is 3.59. The number of carbonyl (C=O) groups is 2. The van der Waals surface area contributed by atoms with Crippen LogP contribution in [-0.2, 0) is 9.59 Å². The lowest BCUT2D eigenvalue weighted by molar-refractivity contribution is -0.122. The third-order valence-electron chi connectivity index (χ3n) is 5.58. The second-order valence-corrected chi connectivity index (χ2v) is 8.42. The van der Waals surface area contributed by atoms with Crippen molar-refractivity contribution >= 4 is 17.6 Å². The van der Waals surface area contributed by atoms with Gasteiger partial charge in [0.05, 0.1) is 11.4 Å². The van der Waals surface area contributed by atoms with E-state index in [0.29, 0.717) is 24.6 Å². The van der Waals surface area contributed by atoms with Crippen molar-refractivity contribution in [2.24, 2.45) is 5.92 Å². The van der Waals surface area contributed by atoms with Crippen molar-refractivity contribution in [1.82, 2.24) is 15.1 Å². The molecule has 2 aromatic carbocycles. The van der Waals surface area contributed by atoms with Gasteiger partial charge < -0.3 is 10.6 Å². The zero-order valence-electron chi connectivity index (χ0n) is 19.3. The van der Waals surface area contributed by atoms with Gasteiger partial charge in [0.15, 0.2) is 0 Å². The van der Waals surface area contributed by atoms with Crippen molar-refractivity contribution < 1.29 is 9.59 Å². The number of aromatic nitrogens is 2. The first-order valence-electron chi connectivity index (χ1n) is 11.2. The van der Waals surface area contributed by atoms with E-state index in [4.69, 9.17) is 5.10 Å². The molecule has 1 atom stereocenters. The monoisotopic (exact) mass is 432 g/mol. The van der Waals surface area contributed by atoms with Crippen molar-refractivity contribution in [2.45, 2.75) is 53.0 Å². The molecule has 0 saturated heterocycles. The summed E-state index contributed by atoms with van der Waals surface area (Å²) in [4.78, 5) is 24.9. The highest BCUT2D eigenvalue weighted by Crippen LogP contribution is 2.33. The van der Waals surface area contributed by atoms with Crippen molar-refractivity contribution in [3.8, 4) is 16.8 Å². The van der Waals surface area contributed by atoms with Gasteiger partial charge in [-0.05, 0) is 43.9 Å². The number of nitrogens with one attached hydrogen (secondary N) is 2. The molecule has 32 heavy (non-hydrogen) atoms. The van der Waals surface area contributed by atoms with Gasteiger partial charge in [-0.3, -0.25) is 9.59 Å². The average Bonchev–Trinajstić information content (AvgIpc) is 3.10. The van der Waals surface area contributed by atoms with Gasteiger partial charge in [0, 0.05) is 24.4 Å². The van der Waals surface area contributed by atoms with E-state index in [-0.39, 0.29) is 24.3 Å². The topological polar surface area (TPSA) is 76.0 Å². The first kappa shape index (κ1) is 23.3. The maximum atomic E-state index is 12.8. The maximum absolute atomic E-state index is 12.8. The molecule has 1 aromatic heterocycles. The Morgan fingerprint density at radius 3 is 2.12 bits per heavy atom. The lowest BCUT2D eigenvalue weighted by atomic mass is 10.1. The van der Waals surface area contributed by atoms with Gasteiger partial charge in [-0.1, -0.05) is 62.4 Å². The van der Waals surface area contributed by atoms with Crippen molar-refractivity contribution in [2.75, 3.05) is 5.32 Å². The van der Waals surface area contributed by atoms with Gasteiger partial charge in [0.2, 0.25) is 11.8 Å². The van der Waals surface area contributed by atoms with E-state index in [9.17, 15) is 9.59 Å². The average molecular weight is 433 g/mol. The van der Waals surface area contributed by atoms with E-state index < -0.39 is 0 Å². The molecule has 6 nitrogen and oxygen atoms in total. The van der Waals surface area contributed by atoms with Gasteiger partial charge in [-0.2, -0.15) is 5.10 Å². The van der Waals surface area contributed by atoms with Crippen LogP contribution in [0.2, 0.25) is 0 Å². The Balaban J connectivity index is 1.76. The van der Waals surface area contributed by atoms with Crippen LogP contribution in [0, 0.1) is 12.8 Å². The van der Waals surface area contributed by atoms with E-state index in [1.165, 1.54) is 0 Å². The van der Waals surface area contributed by atoms with E-state index in [0.717, 1.165) is 22.5 Å². The SMILES string of the molecule is Cc1nn(-c2ccccc2)c(NC(=O)CCCC(=O)NC(C)C(C)C)c1-c1ccccc1. The first-order valence-corrected chi connectivity index (χ1v) is 11.2. The van der Waals surface area contributed by atoms with Crippen LogP contribution in [0.3, 0.4) is 0 Å². The predicted octanol–water partition coefficient (Wildman–Crippen LogP) is 5.12. The summed E-state index contributed by atoms with van der Waals surface area (Å²) in [6.45, 7) is 8.08. The third kappa shape index (κ3) is 5.84. The molecule has 0 radical (unpaired) electrons. The molecule has 3 aromatic rings. The van der Waals surface area contributed by atoms with E-state index in [1.807, 2.05) is 74.5 Å². The van der Waals surface area contributed by atoms with E-state index >= 15 is 0 Å². The fraction of sp³-hybridized carbons (Fsp3) is 0.346. The summed E-state index contributed by atoms with van der Waals surface area (Å²) >= 11 is 0. The number of aryl methyl sites for hydroxylation is 1. The highest BCUT2D eigenvalue weighted by Gasteiger charge is 2.20. The van der Waals surface area contributed by atoms with E-state index in [1.54, 1.807) is 4.68 Å². The number of hydrogen-bond donors (Lipinski definition) is 2. The Morgan fingerprint density at radius 1 is 0.906 bits per heavy atom. The van der Waals surface area contributed by atoms with Gasteiger partial charge in [0.25, 0.3) is 0 Å². The second kappa shape index (κ2) is 10.8. The van der Waals surface area contributed by atoms with Gasteiger partial charge in [-0.15, -0.1) is 0 Å². The Kier molecular flexibility index (Phi) is 7.82. The van der Waals surface area contributed by atoms with Crippen LogP contribution in [0.5, 0.6) is 0 Å². The van der Waals surface area contributed by atoms with Gasteiger partial charge >= 0.3 is 0 Å². The lowest BCUT2D eigenvalue weighted by Gasteiger charge is -2.17. The van der Waals surface area contributed by atoms with Crippen LogP contribution in [-0.4, -0.2) is 27.6 Å². The Morgan fingerprint density at radius 2 is 1.50 bits per heavy atom. The van der Waals surface area contributed by atoms with Crippen LogP contribution < -0.4 is 10.6 Å².